The van der Waals surface area contributed by atoms with Crippen molar-refractivity contribution >= 4 is 0 Å². The quantitative estimate of drug-likeness (QED) is 0.793. The Morgan fingerprint density at radius 1 is 1.04 bits per heavy atom. The van der Waals surface area contributed by atoms with Gasteiger partial charge in [-0.2, -0.15) is 0 Å². The van der Waals surface area contributed by atoms with Gasteiger partial charge >= 0.3 is 0 Å². The number of fused-ring (bicyclic) bond motifs is 1. The Hall–Kier alpha value is -2.20. The monoisotopic (exact) mass is 383 g/mol. The lowest BCUT2D eigenvalue weighted by atomic mass is 9.81. The first kappa shape index (κ1) is 20.5. The maximum Gasteiger partial charge on any atom is 0.164 e. The van der Waals surface area contributed by atoms with Crippen LogP contribution in [0.1, 0.15) is 61.6 Å². The minimum Gasteiger partial charge on any atom is -0.496 e. The lowest BCUT2D eigenvalue weighted by Gasteiger charge is -2.32. The van der Waals surface area contributed by atoms with Crippen molar-refractivity contribution in [1.29, 1.82) is 0 Å². The highest BCUT2D eigenvalue weighted by Gasteiger charge is 2.29. The summed E-state index contributed by atoms with van der Waals surface area (Å²) in [6.07, 6.45) is 0.930. The van der Waals surface area contributed by atoms with Crippen molar-refractivity contribution in [2.75, 3.05) is 27.4 Å². The first-order valence-electron chi connectivity index (χ1n) is 10.1. The average Bonchev–Trinajstić information content (AvgIpc) is 2.67. The predicted octanol–water partition coefficient (Wildman–Crippen LogP) is 4.94. The molecule has 1 atom stereocenters. The molecule has 0 spiro atoms. The van der Waals surface area contributed by atoms with Crippen LogP contribution in [0.4, 0.5) is 0 Å². The van der Waals surface area contributed by atoms with Crippen LogP contribution in [0.15, 0.2) is 24.3 Å². The van der Waals surface area contributed by atoms with Crippen molar-refractivity contribution < 1.29 is 14.2 Å². The van der Waals surface area contributed by atoms with E-state index in [1.807, 2.05) is 13.0 Å². The zero-order chi connectivity index (χ0) is 20.5. The van der Waals surface area contributed by atoms with Gasteiger partial charge < -0.3 is 19.5 Å². The number of ether oxygens (including phenoxy) is 3. The van der Waals surface area contributed by atoms with Gasteiger partial charge in [0.05, 0.1) is 26.9 Å². The Kier molecular flexibility index (Phi) is 5.90. The number of methoxy groups -OCH3 is 2. The molecule has 0 bridgehead atoms. The smallest absolute Gasteiger partial charge is 0.164 e. The van der Waals surface area contributed by atoms with E-state index in [-0.39, 0.29) is 11.5 Å². The Morgan fingerprint density at radius 3 is 2.36 bits per heavy atom. The zero-order valence-electron chi connectivity index (χ0n) is 18.2. The third-order valence-electron chi connectivity index (χ3n) is 5.51. The van der Waals surface area contributed by atoms with E-state index in [4.69, 9.17) is 14.2 Å². The van der Waals surface area contributed by atoms with Gasteiger partial charge in [-0.3, -0.25) is 0 Å². The molecule has 1 unspecified atom stereocenters. The van der Waals surface area contributed by atoms with Crippen molar-refractivity contribution in [3.63, 3.8) is 0 Å². The third-order valence-corrected chi connectivity index (χ3v) is 5.51. The maximum absolute atomic E-state index is 5.98. The highest BCUT2D eigenvalue weighted by molar-refractivity contribution is 5.56. The summed E-state index contributed by atoms with van der Waals surface area (Å²) in [6, 6.07) is 8.80. The molecule has 1 aliphatic rings. The van der Waals surface area contributed by atoms with E-state index >= 15 is 0 Å². The van der Waals surface area contributed by atoms with E-state index in [2.05, 4.69) is 51.2 Å². The molecule has 0 radical (unpaired) electrons. The molecule has 0 fully saturated rings. The number of hydrogen-bond acceptors (Lipinski definition) is 4. The standard InChI is InChI=1S/C24H33NO3/c1-8-28-23-17-11-12-25-22(16(17)9-10-20(23)26-6)18-14-19(24(3,4)5)21(27-7)13-15(18)2/h9-10,13-14,22,25H,8,11-12H2,1-7H3. The second kappa shape index (κ2) is 8.04. The van der Waals surface area contributed by atoms with E-state index in [0.29, 0.717) is 6.61 Å². The van der Waals surface area contributed by atoms with Crippen LogP contribution >= 0.6 is 0 Å². The van der Waals surface area contributed by atoms with Gasteiger partial charge in [-0.1, -0.05) is 26.8 Å². The molecule has 0 saturated heterocycles. The highest BCUT2D eigenvalue weighted by Crippen LogP contribution is 2.42. The van der Waals surface area contributed by atoms with Crippen LogP contribution in [0.2, 0.25) is 0 Å². The van der Waals surface area contributed by atoms with E-state index < -0.39 is 0 Å². The van der Waals surface area contributed by atoms with Gasteiger partial charge in [0.1, 0.15) is 5.75 Å². The van der Waals surface area contributed by atoms with Crippen LogP contribution in [0, 0.1) is 6.92 Å². The predicted molar refractivity (Wildman–Crippen MR) is 114 cm³/mol. The van der Waals surface area contributed by atoms with Crippen LogP contribution in [-0.4, -0.2) is 27.4 Å². The summed E-state index contributed by atoms with van der Waals surface area (Å²) < 4.78 is 17.2. The fourth-order valence-electron chi connectivity index (χ4n) is 4.11. The van der Waals surface area contributed by atoms with Crippen molar-refractivity contribution in [2.24, 2.45) is 0 Å². The Balaban J connectivity index is 2.16. The van der Waals surface area contributed by atoms with Crippen LogP contribution in [-0.2, 0) is 11.8 Å². The maximum atomic E-state index is 5.98. The van der Waals surface area contributed by atoms with Gasteiger partial charge in [-0.25, -0.2) is 0 Å². The molecule has 1 aliphatic heterocycles. The van der Waals surface area contributed by atoms with Crippen molar-refractivity contribution in [1.82, 2.24) is 5.32 Å². The molecule has 3 rings (SSSR count). The van der Waals surface area contributed by atoms with Crippen LogP contribution in [0.3, 0.4) is 0 Å². The second-order valence-corrected chi connectivity index (χ2v) is 8.39. The van der Waals surface area contributed by atoms with Gasteiger partial charge in [0.15, 0.2) is 11.5 Å². The fraction of sp³-hybridized carbons (Fsp3) is 0.500. The van der Waals surface area contributed by atoms with E-state index in [1.54, 1.807) is 14.2 Å². The van der Waals surface area contributed by atoms with Crippen molar-refractivity contribution in [2.45, 2.75) is 52.5 Å². The molecule has 4 nitrogen and oxygen atoms in total. The van der Waals surface area contributed by atoms with E-state index in [0.717, 1.165) is 30.2 Å². The topological polar surface area (TPSA) is 39.7 Å². The molecule has 1 N–H and O–H groups in total. The summed E-state index contributed by atoms with van der Waals surface area (Å²) in [5.41, 5.74) is 6.26. The fourth-order valence-corrected chi connectivity index (χ4v) is 4.11. The Labute approximate surface area is 169 Å². The number of aryl methyl sites for hydroxylation is 1. The minimum absolute atomic E-state index is 0.00167. The summed E-state index contributed by atoms with van der Waals surface area (Å²) in [7, 11) is 3.45. The first-order valence-corrected chi connectivity index (χ1v) is 10.1. The third kappa shape index (κ3) is 3.70. The summed E-state index contributed by atoms with van der Waals surface area (Å²) in [5.74, 6) is 2.65. The van der Waals surface area contributed by atoms with Gasteiger partial charge in [0.2, 0.25) is 0 Å². The largest absolute Gasteiger partial charge is 0.496 e. The van der Waals surface area contributed by atoms with Crippen molar-refractivity contribution in [3.8, 4) is 17.2 Å². The van der Waals surface area contributed by atoms with Gasteiger partial charge in [0, 0.05) is 12.1 Å². The molecule has 0 aromatic heterocycles. The van der Waals surface area contributed by atoms with Crippen molar-refractivity contribution in [3.05, 3.63) is 52.1 Å². The number of benzene rings is 2. The molecular weight excluding hydrogens is 350 g/mol. The van der Waals surface area contributed by atoms with E-state index in [1.165, 1.54) is 27.8 Å². The Bertz CT molecular complexity index is 852. The molecule has 28 heavy (non-hydrogen) atoms. The van der Waals surface area contributed by atoms with Gasteiger partial charge in [-0.15, -0.1) is 0 Å². The number of hydrogen-bond donors (Lipinski definition) is 1. The minimum atomic E-state index is 0.00167. The molecular formula is C24H33NO3. The highest BCUT2D eigenvalue weighted by atomic mass is 16.5. The number of nitrogens with one attached hydrogen (secondary N) is 1. The first-order chi connectivity index (χ1) is 13.3. The Morgan fingerprint density at radius 2 is 1.75 bits per heavy atom. The second-order valence-electron chi connectivity index (χ2n) is 8.39. The molecule has 0 aliphatic carbocycles. The number of rotatable bonds is 5. The molecule has 2 aromatic carbocycles. The summed E-state index contributed by atoms with van der Waals surface area (Å²) >= 11 is 0. The summed E-state index contributed by atoms with van der Waals surface area (Å²) in [5, 5.41) is 3.72. The SMILES string of the molecule is CCOc1c(OC)ccc2c1CCNC2c1cc(C(C)(C)C)c(OC)cc1C. The molecule has 4 heteroatoms. The van der Waals surface area contributed by atoms with E-state index in [9.17, 15) is 0 Å². The van der Waals surface area contributed by atoms with Crippen LogP contribution in [0.5, 0.6) is 17.2 Å². The molecule has 152 valence electrons. The molecule has 0 saturated carbocycles. The normalized spacial score (nSPS) is 16.5. The average molecular weight is 384 g/mol. The lowest BCUT2D eigenvalue weighted by Crippen LogP contribution is -2.32. The summed E-state index contributed by atoms with van der Waals surface area (Å²) in [4.78, 5) is 0. The molecule has 1 heterocycles. The zero-order valence-corrected chi connectivity index (χ0v) is 18.2. The van der Waals surface area contributed by atoms with Crippen LogP contribution < -0.4 is 19.5 Å². The van der Waals surface area contributed by atoms with Gasteiger partial charge in [-0.05, 0) is 66.1 Å². The molecule has 0 amide bonds. The molecule has 2 aromatic rings. The van der Waals surface area contributed by atoms with Gasteiger partial charge in [0.25, 0.3) is 0 Å². The summed E-state index contributed by atoms with van der Waals surface area (Å²) in [6.45, 7) is 12.4. The lowest BCUT2D eigenvalue weighted by molar-refractivity contribution is 0.305. The van der Waals surface area contributed by atoms with Crippen LogP contribution in [0.25, 0.3) is 0 Å².